The highest BCUT2D eigenvalue weighted by molar-refractivity contribution is 7.92. The van der Waals surface area contributed by atoms with E-state index >= 15 is 0 Å². The van der Waals surface area contributed by atoms with Crippen LogP contribution in [0.2, 0.25) is 10.0 Å². The quantitative estimate of drug-likeness (QED) is 0.495. The van der Waals surface area contributed by atoms with Crippen molar-refractivity contribution in [3.8, 4) is 0 Å². The second-order valence-electron chi connectivity index (χ2n) is 8.36. The van der Waals surface area contributed by atoms with Gasteiger partial charge in [-0.05, 0) is 57.0 Å². The monoisotopic (exact) mass is 527 g/mol. The summed E-state index contributed by atoms with van der Waals surface area (Å²) >= 11 is 12.3. The van der Waals surface area contributed by atoms with E-state index < -0.39 is 28.5 Å². The zero-order valence-electron chi connectivity index (χ0n) is 20.0. The number of nitrogens with one attached hydrogen (secondary N) is 1. The third kappa shape index (κ3) is 7.61. The van der Waals surface area contributed by atoms with Gasteiger partial charge >= 0.3 is 0 Å². The van der Waals surface area contributed by atoms with Crippen LogP contribution in [0.25, 0.3) is 0 Å². The number of hydrogen-bond donors (Lipinski definition) is 1. The Kier molecular flexibility index (Phi) is 9.79. The maximum absolute atomic E-state index is 13.5. The number of benzene rings is 2. The van der Waals surface area contributed by atoms with Crippen LogP contribution >= 0.6 is 23.2 Å². The second-order valence-corrected chi connectivity index (χ2v) is 11.1. The molecule has 2 amide bonds. The number of anilines is 1. The Bertz CT molecular complexity index is 1120. The van der Waals surface area contributed by atoms with Crippen molar-refractivity contribution in [2.45, 2.75) is 52.7 Å². The number of amides is 2. The molecule has 0 spiro atoms. The maximum atomic E-state index is 13.5. The molecule has 186 valence electrons. The Morgan fingerprint density at radius 1 is 1.06 bits per heavy atom. The fourth-order valence-electron chi connectivity index (χ4n) is 3.21. The van der Waals surface area contributed by atoms with E-state index in [4.69, 9.17) is 23.2 Å². The van der Waals surface area contributed by atoms with Crippen LogP contribution in [0.3, 0.4) is 0 Å². The highest BCUT2D eigenvalue weighted by Crippen LogP contribution is 2.24. The van der Waals surface area contributed by atoms with E-state index in [2.05, 4.69) is 5.32 Å². The average Bonchev–Trinajstić information content (AvgIpc) is 2.76. The summed E-state index contributed by atoms with van der Waals surface area (Å²) < 4.78 is 26.1. The van der Waals surface area contributed by atoms with Crippen molar-refractivity contribution in [3.63, 3.8) is 0 Å². The maximum Gasteiger partial charge on any atom is 0.244 e. The van der Waals surface area contributed by atoms with E-state index in [0.29, 0.717) is 21.3 Å². The number of carbonyl (C=O) groups excluding carboxylic acids is 2. The van der Waals surface area contributed by atoms with Gasteiger partial charge in [0.05, 0.1) is 11.9 Å². The smallest absolute Gasteiger partial charge is 0.244 e. The van der Waals surface area contributed by atoms with Crippen LogP contribution < -0.4 is 9.62 Å². The van der Waals surface area contributed by atoms with Crippen molar-refractivity contribution in [1.82, 2.24) is 10.2 Å². The first kappa shape index (κ1) is 28.0. The van der Waals surface area contributed by atoms with Crippen LogP contribution in [-0.4, -0.2) is 50.0 Å². The SMILES string of the molecule is CC[C@@H](C)NC(=O)[C@@H](C)N(Cc1ccc(Cl)cc1Cl)C(=O)CN(c1ccc(C)cc1)S(C)(=O)=O. The predicted molar refractivity (Wildman–Crippen MR) is 138 cm³/mol. The van der Waals surface area contributed by atoms with Crippen LogP contribution in [0.15, 0.2) is 42.5 Å². The van der Waals surface area contributed by atoms with Crippen LogP contribution in [-0.2, 0) is 26.2 Å². The lowest BCUT2D eigenvalue weighted by atomic mass is 10.1. The molecule has 0 bridgehead atoms. The molecule has 34 heavy (non-hydrogen) atoms. The van der Waals surface area contributed by atoms with Crippen molar-refractivity contribution in [2.75, 3.05) is 17.1 Å². The van der Waals surface area contributed by atoms with E-state index in [0.717, 1.165) is 22.5 Å². The molecule has 0 fully saturated rings. The molecular weight excluding hydrogens is 497 g/mol. The van der Waals surface area contributed by atoms with Crippen LogP contribution in [0.4, 0.5) is 5.69 Å². The Morgan fingerprint density at radius 2 is 1.68 bits per heavy atom. The number of carbonyl (C=O) groups is 2. The van der Waals surface area contributed by atoms with E-state index in [1.54, 1.807) is 49.4 Å². The minimum Gasteiger partial charge on any atom is -0.352 e. The summed E-state index contributed by atoms with van der Waals surface area (Å²) in [6.07, 6.45) is 1.77. The lowest BCUT2D eigenvalue weighted by Gasteiger charge is -2.32. The zero-order chi connectivity index (χ0) is 25.6. The van der Waals surface area contributed by atoms with Crippen molar-refractivity contribution >= 4 is 50.7 Å². The summed E-state index contributed by atoms with van der Waals surface area (Å²) in [6, 6.07) is 10.8. The number of hydrogen-bond acceptors (Lipinski definition) is 4. The summed E-state index contributed by atoms with van der Waals surface area (Å²) in [7, 11) is -3.77. The molecule has 0 aliphatic carbocycles. The summed E-state index contributed by atoms with van der Waals surface area (Å²) in [6.45, 7) is 6.85. The minimum absolute atomic E-state index is 0.00935. The Hall–Kier alpha value is -2.29. The third-order valence-electron chi connectivity index (χ3n) is 5.53. The number of aryl methyl sites for hydroxylation is 1. The molecule has 0 aliphatic heterocycles. The number of nitrogens with zero attached hydrogens (tertiary/aromatic N) is 2. The topological polar surface area (TPSA) is 86.8 Å². The molecular formula is C24H31Cl2N3O4S. The standard InChI is InChI=1S/C24H31Cl2N3O4S/c1-6-17(3)27-24(31)18(4)28(14-19-9-10-20(25)13-22(19)26)23(30)15-29(34(5,32)33)21-11-7-16(2)8-12-21/h7-13,17-18H,6,14-15H2,1-5H3,(H,27,31)/t17-,18-/m1/s1. The van der Waals surface area contributed by atoms with Gasteiger partial charge in [-0.15, -0.1) is 0 Å². The predicted octanol–water partition coefficient (Wildman–Crippen LogP) is 4.40. The number of halogens is 2. The molecule has 0 aromatic heterocycles. The second kappa shape index (κ2) is 11.9. The van der Waals surface area contributed by atoms with Crippen LogP contribution in [0.5, 0.6) is 0 Å². The lowest BCUT2D eigenvalue weighted by Crippen LogP contribution is -2.52. The molecule has 1 N–H and O–H groups in total. The van der Waals surface area contributed by atoms with Gasteiger partial charge in [0.1, 0.15) is 12.6 Å². The fourth-order valence-corrected chi connectivity index (χ4v) is 4.52. The first-order valence-corrected chi connectivity index (χ1v) is 13.5. The Morgan fingerprint density at radius 3 is 2.21 bits per heavy atom. The Labute approximate surface area is 212 Å². The van der Waals surface area contributed by atoms with Crippen LogP contribution in [0.1, 0.15) is 38.3 Å². The molecule has 0 unspecified atom stereocenters. The average molecular weight is 529 g/mol. The van der Waals surface area contributed by atoms with Gasteiger partial charge in [-0.3, -0.25) is 13.9 Å². The van der Waals surface area contributed by atoms with Crippen molar-refractivity contribution < 1.29 is 18.0 Å². The molecule has 0 saturated heterocycles. The molecule has 2 atom stereocenters. The highest BCUT2D eigenvalue weighted by Gasteiger charge is 2.30. The van der Waals surface area contributed by atoms with Gasteiger partial charge in [0.15, 0.2) is 0 Å². The van der Waals surface area contributed by atoms with Crippen LogP contribution in [0, 0.1) is 6.92 Å². The number of rotatable bonds is 10. The van der Waals surface area contributed by atoms with Gasteiger partial charge in [0.25, 0.3) is 0 Å². The molecule has 2 aromatic carbocycles. The zero-order valence-corrected chi connectivity index (χ0v) is 22.3. The Balaban J connectivity index is 2.41. The van der Waals surface area contributed by atoms with E-state index in [1.165, 1.54) is 4.90 Å². The van der Waals surface area contributed by atoms with Gasteiger partial charge in [-0.25, -0.2) is 8.42 Å². The molecule has 2 aromatic rings. The molecule has 2 rings (SSSR count). The van der Waals surface area contributed by atoms with E-state index in [-0.39, 0.29) is 18.5 Å². The lowest BCUT2D eigenvalue weighted by molar-refractivity contribution is -0.139. The molecule has 0 aliphatic rings. The van der Waals surface area contributed by atoms with Gasteiger partial charge < -0.3 is 10.2 Å². The third-order valence-corrected chi connectivity index (χ3v) is 7.25. The normalized spacial score (nSPS) is 13.1. The van der Waals surface area contributed by atoms with Gasteiger partial charge in [0.2, 0.25) is 21.8 Å². The number of sulfonamides is 1. The van der Waals surface area contributed by atoms with Gasteiger partial charge in [0, 0.05) is 22.6 Å². The first-order valence-electron chi connectivity index (χ1n) is 10.9. The summed E-state index contributed by atoms with van der Waals surface area (Å²) in [5.74, 6) is -0.877. The largest absolute Gasteiger partial charge is 0.352 e. The summed E-state index contributed by atoms with van der Waals surface area (Å²) in [4.78, 5) is 27.7. The molecule has 7 nitrogen and oxygen atoms in total. The van der Waals surface area contributed by atoms with Gasteiger partial charge in [-0.2, -0.15) is 0 Å². The van der Waals surface area contributed by atoms with E-state index in [1.807, 2.05) is 20.8 Å². The minimum atomic E-state index is -3.77. The first-order chi connectivity index (χ1) is 15.8. The molecule has 0 heterocycles. The van der Waals surface area contributed by atoms with Crippen molar-refractivity contribution in [1.29, 1.82) is 0 Å². The van der Waals surface area contributed by atoms with Crippen molar-refractivity contribution in [2.24, 2.45) is 0 Å². The fraction of sp³-hybridized carbons (Fsp3) is 0.417. The van der Waals surface area contributed by atoms with Gasteiger partial charge in [-0.1, -0.05) is 53.9 Å². The molecule has 10 heteroatoms. The molecule has 0 radical (unpaired) electrons. The summed E-state index contributed by atoms with van der Waals surface area (Å²) in [5.41, 5.74) is 1.91. The summed E-state index contributed by atoms with van der Waals surface area (Å²) in [5, 5.41) is 3.66. The molecule has 0 saturated carbocycles. The van der Waals surface area contributed by atoms with E-state index in [9.17, 15) is 18.0 Å². The van der Waals surface area contributed by atoms with Crippen molar-refractivity contribution in [3.05, 3.63) is 63.6 Å². The highest BCUT2D eigenvalue weighted by atomic mass is 35.5.